The van der Waals surface area contributed by atoms with Crippen LogP contribution in [-0.4, -0.2) is 54.5 Å². The highest BCUT2D eigenvalue weighted by Gasteiger charge is 2.29. The molecule has 1 fully saturated rings. The maximum absolute atomic E-state index is 13.5. The van der Waals surface area contributed by atoms with Crippen LogP contribution in [0.2, 0.25) is 0 Å². The average Bonchev–Trinajstić information content (AvgIpc) is 2.73. The molecule has 2 N–H and O–H groups in total. The van der Waals surface area contributed by atoms with E-state index in [0.717, 1.165) is 24.6 Å². The molecular weight excluding hydrogens is 345 g/mol. The Labute approximate surface area is 149 Å². The van der Waals surface area contributed by atoms with Crippen LogP contribution in [0.4, 0.5) is 15.8 Å². The highest BCUT2D eigenvalue weighted by Crippen LogP contribution is 2.29. The number of fused-ring (bicyclic) bond motifs is 1. The highest BCUT2D eigenvalue weighted by molar-refractivity contribution is 7.99. The van der Waals surface area contributed by atoms with Gasteiger partial charge in [-0.1, -0.05) is 0 Å². The first-order valence-electron chi connectivity index (χ1n) is 8.16. The standard InChI is InChI=1S/C17H20FN3O3S/c1-2-24-17(23)15-12(10-21-5-7-25-8-6-21)16(22)20-14-9-11(18)3-4-13(14)19-15/h3-4,9,19H,2,5-8,10H2,1H3,(H,20,22). The van der Waals surface area contributed by atoms with Crippen LogP contribution in [0, 0.1) is 5.82 Å². The van der Waals surface area contributed by atoms with Gasteiger partial charge in [-0.15, -0.1) is 0 Å². The summed E-state index contributed by atoms with van der Waals surface area (Å²) in [7, 11) is 0. The van der Waals surface area contributed by atoms with Crippen molar-refractivity contribution in [1.29, 1.82) is 0 Å². The molecule has 1 aromatic rings. The van der Waals surface area contributed by atoms with Crippen LogP contribution in [0.1, 0.15) is 6.92 Å². The molecule has 134 valence electrons. The monoisotopic (exact) mass is 365 g/mol. The summed E-state index contributed by atoms with van der Waals surface area (Å²) in [5, 5.41) is 5.66. The normalized spacial score (nSPS) is 18.1. The van der Waals surface area contributed by atoms with E-state index in [1.165, 1.54) is 18.2 Å². The van der Waals surface area contributed by atoms with Crippen molar-refractivity contribution >= 4 is 35.0 Å². The molecule has 0 unspecified atom stereocenters. The summed E-state index contributed by atoms with van der Waals surface area (Å²) in [6.07, 6.45) is 0. The molecule has 0 bridgehead atoms. The van der Waals surface area contributed by atoms with Gasteiger partial charge in [0.15, 0.2) is 0 Å². The number of benzene rings is 1. The third kappa shape index (κ3) is 4.13. The zero-order chi connectivity index (χ0) is 17.8. The minimum absolute atomic E-state index is 0.114. The van der Waals surface area contributed by atoms with E-state index in [2.05, 4.69) is 15.5 Å². The van der Waals surface area contributed by atoms with Crippen molar-refractivity contribution in [2.75, 3.05) is 48.4 Å². The van der Waals surface area contributed by atoms with Gasteiger partial charge >= 0.3 is 5.97 Å². The number of esters is 1. The Bertz CT molecular complexity index is 717. The summed E-state index contributed by atoms with van der Waals surface area (Å²) in [6, 6.07) is 3.99. The number of rotatable bonds is 4. The lowest BCUT2D eigenvalue weighted by Crippen LogP contribution is -2.37. The van der Waals surface area contributed by atoms with E-state index in [4.69, 9.17) is 4.74 Å². The molecule has 2 heterocycles. The SMILES string of the molecule is CCOC(=O)C1=C(CN2CCSCC2)C(=O)Nc2cc(F)ccc2N1. The number of carbonyl (C=O) groups is 2. The maximum atomic E-state index is 13.5. The van der Waals surface area contributed by atoms with Gasteiger partial charge in [-0.3, -0.25) is 9.69 Å². The first kappa shape index (κ1) is 17.8. The Kier molecular flexibility index (Phi) is 5.60. The Hall–Kier alpha value is -2.06. The molecular formula is C17H20FN3O3S. The van der Waals surface area contributed by atoms with E-state index in [1.807, 2.05) is 11.8 Å². The summed E-state index contributed by atoms with van der Waals surface area (Å²) >= 11 is 1.87. The van der Waals surface area contributed by atoms with Crippen molar-refractivity contribution in [3.8, 4) is 0 Å². The fourth-order valence-electron chi connectivity index (χ4n) is 2.76. The molecule has 1 saturated heterocycles. The van der Waals surface area contributed by atoms with Crippen LogP contribution in [-0.2, 0) is 14.3 Å². The minimum Gasteiger partial charge on any atom is -0.461 e. The van der Waals surface area contributed by atoms with E-state index >= 15 is 0 Å². The molecule has 0 atom stereocenters. The second-order valence-corrected chi connectivity index (χ2v) is 6.96. The largest absolute Gasteiger partial charge is 0.461 e. The van der Waals surface area contributed by atoms with E-state index in [1.54, 1.807) is 6.92 Å². The van der Waals surface area contributed by atoms with Gasteiger partial charge in [0.1, 0.15) is 11.5 Å². The highest BCUT2D eigenvalue weighted by atomic mass is 32.2. The number of thioether (sulfide) groups is 1. The van der Waals surface area contributed by atoms with E-state index in [0.29, 0.717) is 23.5 Å². The van der Waals surface area contributed by atoms with E-state index in [-0.39, 0.29) is 12.3 Å². The average molecular weight is 365 g/mol. The van der Waals surface area contributed by atoms with Crippen LogP contribution in [0.3, 0.4) is 0 Å². The van der Waals surface area contributed by atoms with Crippen LogP contribution < -0.4 is 10.6 Å². The van der Waals surface area contributed by atoms with Crippen LogP contribution in [0.25, 0.3) is 0 Å². The van der Waals surface area contributed by atoms with Gasteiger partial charge in [0.2, 0.25) is 0 Å². The maximum Gasteiger partial charge on any atom is 0.355 e. The number of nitrogens with one attached hydrogen (secondary N) is 2. The topological polar surface area (TPSA) is 70.7 Å². The second-order valence-electron chi connectivity index (χ2n) is 5.73. The zero-order valence-electron chi connectivity index (χ0n) is 13.9. The first-order valence-corrected chi connectivity index (χ1v) is 9.32. The second kappa shape index (κ2) is 7.88. The lowest BCUT2D eigenvalue weighted by molar-refractivity contribution is -0.138. The smallest absolute Gasteiger partial charge is 0.355 e. The molecule has 25 heavy (non-hydrogen) atoms. The third-order valence-electron chi connectivity index (χ3n) is 4.03. The predicted octanol–water partition coefficient (Wildman–Crippen LogP) is 2.06. The number of anilines is 2. The third-order valence-corrected chi connectivity index (χ3v) is 4.97. The van der Waals surface area contributed by atoms with Gasteiger partial charge in [-0.2, -0.15) is 11.8 Å². The van der Waals surface area contributed by atoms with Crippen LogP contribution in [0.15, 0.2) is 29.5 Å². The van der Waals surface area contributed by atoms with Gasteiger partial charge in [0.05, 0.1) is 23.6 Å². The first-order chi connectivity index (χ1) is 12.1. The molecule has 0 aromatic heterocycles. The Balaban J connectivity index is 1.95. The molecule has 2 aliphatic heterocycles. The number of amides is 1. The van der Waals surface area contributed by atoms with Crippen molar-refractivity contribution in [3.05, 3.63) is 35.3 Å². The number of ether oxygens (including phenoxy) is 1. The van der Waals surface area contributed by atoms with Gasteiger partial charge < -0.3 is 15.4 Å². The molecule has 0 spiro atoms. The van der Waals surface area contributed by atoms with Crippen LogP contribution >= 0.6 is 11.8 Å². The molecule has 0 aliphatic carbocycles. The van der Waals surface area contributed by atoms with Gasteiger partial charge in [-0.25, -0.2) is 9.18 Å². The molecule has 0 saturated carbocycles. The van der Waals surface area contributed by atoms with Crippen LogP contribution in [0.5, 0.6) is 0 Å². The summed E-state index contributed by atoms with van der Waals surface area (Å²) in [5.41, 5.74) is 1.18. The molecule has 3 rings (SSSR count). The number of halogens is 1. The fourth-order valence-corrected chi connectivity index (χ4v) is 3.74. The summed E-state index contributed by atoms with van der Waals surface area (Å²) in [5.74, 6) is 0.509. The summed E-state index contributed by atoms with van der Waals surface area (Å²) in [4.78, 5) is 27.2. The van der Waals surface area contributed by atoms with Crippen molar-refractivity contribution in [1.82, 2.24) is 4.90 Å². The van der Waals surface area contributed by atoms with E-state index in [9.17, 15) is 14.0 Å². The Morgan fingerprint density at radius 3 is 2.76 bits per heavy atom. The minimum atomic E-state index is -0.587. The van der Waals surface area contributed by atoms with Crippen molar-refractivity contribution in [2.24, 2.45) is 0 Å². The van der Waals surface area contributed by atoms with Gasteiger partial charge in [0, 0.05) is 31.1 Å². The quantitative estimate of drug-likeness (QED) is 0.796. The molecule has 1 aromatic carbocycles. The molecule has 1 amide bonds. The molecule has 6 nitrogen and oxygen atoms in total. The number of hydrogen-bond acceptors (Lipinski definition) is 6. The number of nitrogens with zero attached hydrogens (tertiary/aromatic N) is 1. The van der Waals surface area contributed by atoms with Gasteiger partial charge in [-0.05, 0) is 25.1 Å². The predicted molar refractivity (Wildman–Crippen MR) is 96.1 cm³/mol. The number of carbonyl (C=O) groups excluding carboxylic acids is 2. The lowest BCUT2D eigenvalue weighted by atomic mass is 10.1. The molecule has 0 radical (unpaired) electrons. The van der Waals surface area contributed by atoms with Crippen molar-refractivity contribution in [3.63, 3.8) is 0 Å². The Morgan fingerprint density at radius 1 is 1.28 bits per heavy atom. The van der Waals surface area contributed by atoms with Gasteiger partial charge in [0.25, 0.3) is 5.91 Å². The Morgan fingerprint density at radius 2 is 2.04 bits per heavy atom. The van der Waals surface area contributed by atoms with Crippen molar-refractivity contribution < 1.29 is 18.7 Å². The fraction of sp³-hybridized carbons (Fsp3) is 0.412. The lowest BCUT2D eigenvalue weighted by Gasteiger charge is -2.27. The summed E-state index contributed by atoms with van der Waals surface area (Å²) in [6.45, 7) is 3.94. The molecule has 8 heteroatoms. The molecule has 2 aliphatic rings. The summed E-state index contributed by atoms with van der Waals surface area (Å²) < 4.78 is 18.6. The number of hydrogen-bond donors (Lipinski definition) is 2. The van der Waals surface area contributed by atoms with Crippen molar-refractivity contribution in [2.45, 2.75) is 6.92 Å². The van der Waals surface area contributed by atoms with E-state index < -0.39 is 17.7 Å². The zero-order valence-corrected chi connectivity index (χ0v) is 14.7.